The van der Waals surface area contributed by atoms with Crippen molar-refractivity contribution in [3.8, 4) is 5.75 Å². The molecule has 84 valence electrons. The third kappa shape index (κ3) is 1.46. The number of benzene rings is 1. The highest BCUT2D eigenvalue weighted by Gasteiger charge is 2.35. The smallest absolute Gasteiger partial charge is 0.299 e. The molecule has 1 aromatic carbocycles. The van der Waals surface area contributed by atoms with Gasteiger partial charge in [-0.2, -0.15) is 0 Å². The molecule has 0 atom stereocenters. The molecule has 0 fully saturated rings. The Morgan fingerprint density at radius 1 is 1.31 bits per heavy atom. The summed E-state index contributed by atoms with van der Waals surface area (Å²) in [5, 5.41) is 0. The molecular weight excluding hydrogens is 206 g/mol. The molecule has 0 unspecified atom stereocenters. The predicted molar refractivity (Wildman–Crippen MR) is 60.0 cm³/mol. The zero-order chi connectivity index (χ0) is 11.7. The van der Waals surface area contributed by atoms with E-state index in [1.54, 1.807) is 25.3 Å². The highest BCUT2D eigenvalue weighted by atomic mass is 16.5. The Kier molecular flexibility index (Phi) is 2.64. The first kappa shape index (κ1) is 10.7. The molecule has 1 aliphatic rings. The number of carbonyl (C=O) groups excluding carboxylic acids is 2. The molecule has 4 nitrogen and oxygen atoms in total. The van der Waals surface area contributed by atoms with Crippen LogP contribution in [0.1, 0.15) is 23.7 Å². The zero-order valence-corrected chi connectivity index (χ0v) is 9.32. The van der Waals surface area contributed by atoms with Gasteiger partial charge in [0.05, 0.1) is 18.4 Å². The van der Waals surface area contributed by atoms with Gasteiger partial charge in [-0.15, -0.1) is 0 Å². The van der Waals surface area contributed by atoms with Crippen LogP contribution in [-0.4, -0.2) is 25.3 Å². The molecule has 0 aromatic heterocycles. The predicted octanol–water partition coefficient (Wildman–Crippen LogP) is 1.63. The quantitative estimate of drug-likeness (QED) is 0.726. The third-order valence-corrected chi connectivity index (χ3v) is 2.63. The van der Waals surface area contributed by atoms with Gasteiger partial charge in [-0.05, 0) is 18.6 Å². The molecule has 0 spiro atoms. The van der Waals surface area contributed by atoms with Crippen LogP contribution in [0.5, 0.6) is 5.75 Å². The van der Waals surface area contributed by atoms with Crippen LogP contribution in [0, 0.1) is 0 Å². The van der Waals surface area contributed by atoms with Crippen LogP contribution in [0.3, 0.4) is 0 Å². The normalized spacial score (nSPS) is 14.2. The molecule has 0 N–H and O–H groups in total. The Balaban J connectivity index is 2.48. The van der Waals surface area contributed by atoms with E-state index >= 15 is 0 Å². The monoisotopic (exact) mass is 219 g/mol. The molecule has 0 saturated carbocycles. The van der Waals surface area contributed by atoms with Crippen molar-refractivity contribution in [3.05, 3.63) is 23.8 Å². The van der Waals surface area contributed by atoms with Crippen molar-refractivity contribution in [1.29, 1.82) is 0 Å². The van der Waals surface area contributed by atoms with E-state index in [1.807, 2.05) is 6.92 Å². The second-order valence-electron chi connectivity index (χ2n) is 3.67. The topological polar surface area (TPSA) is 46.6 Å². The summed E-state index contributed by atoms with van der Waals surface area (Å²) in [5.74, 6) is -0.210. The van der Waals surface area contributed by atoms with Crippen molar-refractivity contribution < 1.29 is 14.3 Å². The van der Waals surface area contributed by atoms with E-state index in [2.05, 4.69) is 0 Å². The van der Waals surface area contributed by atoms with E-state index in [-0.39, 0.29) is 0 Å². The van der Waals surface area contributed by atoms with Gasteiger partial charge >= 0.3 is 0 Å². The molecular formula is C12H13NO3. The van der Waals surface area contributed by atoms with E-state index in [1.165, 1.54) is 4.90 Å². The number of hydrogen-bond donors (Lipinski definition) is 0. The number of anilines is 1. The molecule has 0 radical (unpaired) electrons. The summed E-state index contributed by atoms with van der Waals surface area (Å²) >= 11 is 0. The second-order valence-corrected chi connectivity index (χ2v) is 3.67. The van der Waals surface area contributed by atoms with Gasteiger partial charge in [0.15, 0.2) is 0 Å². The minimum absolute atomic E-state index is 0.425. The van der Waals surface area contributed by atoms with Gasteiger partial charge in [0.25, 0.3) is 11.7 Å². The van der Waals surface area contributed by atoms with Crippen molar-refractivity contribution >= 4 is 17.4 Å². The van der Waals surface area contributed by atoms with E-state index in [4.69, 9.17) is 4.74 Å². The molecule has 0 aliphatic carbocycles. The lowest BCUT2D eigenvalue weighted by Crippen LogP contribution is -2.30. The number of carbonyl (C=O) groups is 2. The van der Waals surface area contributed by atoms with Gasteiger partial charge in [-0.1, -0.05) is 6.92 Å². The number of ether oxygens (including phenoxy) is 1. The van der Waals surface area contributed by atoms with Crippen molar-refractivity contribution in [2.24, 2.45) is 0 Å². The van der Waals surface area contributed by atoms with Crippen LogP contribution in [0.15, 0.2) is 18.2 Å². The zero-order valence-electron chi connectivity index (χ0n) is 9.32. The summed E-state index contributed by atoms with van der Waals surface area (Å²) in [4.78, 5) is 24.9. The molecule has 1 heterocycles. The third-order valence-electron chi connectivity index (χ3n) is 2.63. The number of Topliss-reactive ketones (excluding diaryl/α,β-unsaturated/α-hetero) is 1. The van der Waals surface area contributed by atoms with Crippen LogP contribution in [0.25, 0.3) is 0 Å². The Morgan fingerprint density at radius 3 is 2.69 bits per heavy atom. The summed E-state index contributed by atoms with van der Waals surface area (Å²) < 4.78 is 5.09. The maximum atomic E-state index is 11.7. The molecule has 0 bridgehead atoms. The number of rotatable bonds is 3. The summed E-state index contributed by atoms with van der Waals surface area (Å²) in [7, 11) is 1.56. The van der Waals surface area contributed by atoms with Gasteiger partial charge in [0.2, 0.25) is 0 Å². The average molecular weight is 219 g/mol. The van der Waals surface area contributed by atoms with E-state index in [9.17, 15) is 9.59 Å². The number of fused-ring (bicyclic) bond motifs is 1. The van der Waals surface area contributed by atoms with Gasteiger partial charge in [0.1, 0.15) is 5.75 Å². The standard InChI is InChI=1S/C12H13NO3/c1-3-6-13-10-7-8(16-2)4-5-9(10)11(14)12(13)15/h4-5,7H,3,6H2,1-2H3. The molecule has 1 aliphatic heterocycles. The fourth-order valence-electron chi connectivity index (χ4n) is 1.85. The number of nitrogens with zero attached hydrogens (tertiary/aromatic N) is 1. The number of methoxy groups -OCH3 is 1. The Labute approximate surface area is 93.8 Å². The minimum Gasteiger partial charge on any atom is -0.497 e. The van der Waals surface area contributed by atoms with Crippen molar-refractivity contribution in [1.82, 2.24) is 0 Å². The van der Waals surface area contributed by atoms with Gasteiger partial charge in [-0.25, -0.2) is 0 Å². The van der Waals surface area contributed by atoms with Crippen molar-refractivity contribution in [2.45, 2.75) is 13.3 Å². The van der Waals surface area contributed by atoms with E-state index in [0.29, 0.717) is 23.5 Å². The maximum Gasteiger partial charge on any atom is 0.299 e. The Hall–Kier alpha value is -1.84. The minimum atomic E-state index is -0.440. The van der Waals surface area contributed by atoms with Gasteiger partial charge in [0, 0.05) is 12.6 Å². The number of hydrogen-bond acceptors (Lipinski definition) is 3. The molecule has 1 aromatic rings. The first-order valence-corrected chi connectivity index (χ1v) is 5.23. The van der Waals surface area contributed by atoms with E-state index < -0.39 is 11.7 Å². The van der Waals surface area contributed by atoms with Crippen LogP contribution in [-0.2, 0) is 4.79 Å². The number of amides is 1. The lowest BCUT2D eigenvalue weighted by molar-refractivity contribution is -0.114. The van der Waals surface area contributed by atoms with Crippen LogP contribution < -0.4 is 9.64 Å². The summed E-state index contributed by atoms with van der Waals surface area (Å²) in [6.45, 7) is 2.53. The molecule has 2 rings (SSSR count). The summed E-state index contributed by atoms with van der Waals surface area (Å²) in [6.07, 6.45) is 0.815. The highest BCUT2D eigenvalue weighted by molar-refractivity contribution is 6.52. The molecule has 0 saturated heterocycles. The average Bonchev–Trinajstić information content (AvgIpc) is 2.54. The largest absolute Gasteiger partial charge is 0.497 e. The fourth-order valence-corrected chi connectivity index (χ4v) is 1.85. The first-order valence-electron chi connectivity index (χ1n) is 5.23. The van der Waals surface area contributed by atoms with Crippen LogP contribution in [0.4, 0.5) is 5.69 Å². The van der Waals surface area contributed by atoms with Gasteiger partial charge < -0.3 is 9.64 Å². The van der Waals surface area contributed by atoms with Crippen LogP contribution in [0.2, 0.25) is 0 Å². The lowest BCUT2D eigenvalue weighted by Gasteiger charge is -2.15. The second kappa shape index (κ2) is 3.96. The summed E-state index contributed by atoms with van der Waals surface area (Å²) in [6, 6.07) is 5.07. The van der Waals surface area contributed by atoms with Crippen molar-refractivity contribution in [2.75, 3.05) is 18.6 Å². The maximum absolute atomic E-state index is 11.7. The first-order chi connectivity index (χ1) is 7.69. The lowest BCUT2D eigenvalue weighted by atomic mass is 10.1. The summed E-state index contributed by atoms with van der Waals surface area (Å²) in [5.41, 5.74) is 1.13. The highest BCUT2D eigenvalue weighted by Crippen LogP contribution is 2.32. The SMILES string of the molecule is CCCN1C(=O)C(=O)c2ccc(OC)cc21. The fraction of sp³-hybridized carbons (Fsp3) is 0.333. The van der Waals surface area contributed by atoms with Crippen molar-refractivity contribution in [3.63, 3.8) is 0 Å². The molecule has 4 heteroatoms. The molecule has 16 heavy (non-hydrogen) atoms. The Morgan fingerprint density at radius 2 is 2.06 bits per heavy atom. The Bertz CT molecular complexity index is 454. The van der Waals surface area contributed by atoms with Gasteiger partial charge in [-0.3, -0.25) is 9.59 Å². The van der Waals surface area contributed by atoms with E-state index in [0.717, 1.165) is 6.42 Å². The molecule has 1 amide bonds. The number of ketones is 1. The van der Waals surface area contributed by atoms with Crippen LogP contribution >= 0.6 is 0 Å².